The van der Waals surface area contributed by atoms with Crippen LogP contribution in [0.1, 0.15) is 46.5 Å². The van der Waals surface area contributed by atoms with Gasteiger partial charge < -0.3 is 4.90 Å². The van der Waals surface area contributed by atoms with Gasteiger partial charge in [-0.15, -0.1) is 0 Å². The number of hydrogen-bond acceptors (Lipinski definition) is 2. The van der Waals surface area contributed by atoms with Crippen molar-refractivity contribution in [3.63, 3.8) is 0 Å². The van der Waals surface area contributed by atoms with E-state index in [-0.39, 0.29) is 18.1 Å². The Morgan fingerprint density at radius 3 is 2.40 bits per heavy atom. The van der Waals surface area contributed by atoms with Crippen LogP contribution in [0.2, 0.25) is 0 Å². The van der Waals surface area contributed by atoms with Crippen molar-refractivity contribution in [2.45, 2.75) is 64.7 Å². The van der Waals surface area contributed by atoms with Gasteiger partial charge in [0.2, 0.25) is 5.91 Å². The average molecular weight is 210 g/mol. The number of nitrogens with one attached hydrogen (secondary N) is 1. The zero-order valence-electron chi connectivity index (χ0n) is 9.99. The van der Waals surface area contributed by atoms with Crippen LogP contribution >= 0.6 is 0 Å². The van der Waals surface area contributed by atoms with Gasteiger partial charge in [0.15, 0.2) is 0 Å². The summed E-state index contributed by atoms with van der Waals surface area (Å²) in [5.41, 5.74) is 0. The van der Waals surface area contributed by atoms with Gasteiger partial charge in [-0.2, -0.15) is 0 Å². The molecule has 0 spiro atoms. The third kappa shape index (κ3) is 1.89. The van der Waals surface area contributed by atoms with Crippen molar-refractivity contribution in [1.29, 1.82) is 0 Å². The molecule has 0 aromatic rings. The van der Waals surface area contributed by atoms with Crippen molar-refractivity contribution >= 4 is 5.91 Å². The molecular weight excluding hydrogens is 188 g/mol. The highest BCUT2D eigenvalue weighted by molar-refractivity contribution is 5.84. The van der Waals surface area contributed by atoms with Crippen LogP contribution in [0.4, 0.5) is 0 Å². The van der Waals surface area contributed by atoms with Crippen molar-refractivity contribution in [1.82, 2.24) is 10.2 Å². The average Bonchev–Trinajstić information content (AvgIpc) is 2.76. The van der Waals surface area contributed by atoms with E-state index >= 15 is 0 Å². The van der Waals surface area contributed by atoms with E-state index in [0.717, 1.165) is 5.92 Å². The molecule has 2 aliphatic rings. The summed E-state index contributed by atoms with van der Waals surface area (Å²) in [6.07, 6.45) is 5.49. The summed E-state index contributed by atoms with van der Waals surface area (Å²) in [6.45, 7) is 6.26. The van der Waals surface area contributed by atoms with Gasteiger partial charge in [0.1, 0.15) is 0 Å². The maximum Gasteiger partial charge on any atom is 0.240 e. The molecule has 15 heavy (non-hydrogen) atoms. The molecule has 1 saturated heterocycles. The van der Waals surface area contributed by atoms with Crippen LogP contribution < -0.4 is 5.32 Å². The zero-order valence-corrected chi connectivity index (χ0v) is 9.99. The number of amides is 1. The smallest absolute Gasteiger partial charge is 0.240 e. The lowest BCUT2D eigenvalue weighted by Gasteiger charge is -2.32. The third-order valence-electron chi connectivity index (χ3n) is 4.05. The fraction of sp³-hybridized carbons (Fsp3) is 0.917. The monoisotopic (exact) mass is 210 g/mol. The molecule has 1 heterocycles. The fourth-order valence-electron chi connectivity index (χ4n) is 3.15. The number of rotatable bonds is 2. The molecule has 1 amide bonds. The highest BCUT2D eigenvalue weighted by Crippen LogP contribution is 2.32. The molecule has 0 aromatic carbocycles. The Kier molecular flexibility index (Phi) is 3.01. The topological polar surface area (TPSA) is 32.3 Å². The fourth-order valence-corrected chi connectivity index (χ4v) is 3.15. The Bertz CT molecular complexity index is 248. The lowest BCUT2D eigenvalue weighted by molar-refractivity contribution is -0.132. The molecule has 0 aromatic heterocycles. The highest BCUT2D eigenvalue weighted by Gasteiger charge is 2.39. The van der Waals surface area contributed by atoms with E-state index in [4.69, 9.17) is 0 Å². The van der Waals surface area contributed by atoms with Crippen LogP contribution in [-0.2, 0) is 4.79 Å². The number of hydrogen-bond donors (Lipinski definition) is 1. The van der Waals surface area contributed by atoms with Crippen LogP contribution in [0.5, 0.6) is 0 Å². The van der Waals surface area contributed by atoms with Crippen molar-refractivity contribution in [3.05, 3.63) is 0 Å². The maximum atomic E-state index is 12.0. The number of carbonyl (C=O) groups excluding carboxylic acids is 1. The first-order chi connectivity index (χ1) is 7.11. The molecular formula is C12H22N2O. The second-order valence-electron chi connectivity index (χ2n) is 5.09. The van der Waals surface area contributed by atoms with Crippen molar-refractivity contribution in [2.75, 3.05) is 0 Å². The predicted octanol–water partition coefficient (Wildman–Crippen LogP) is 1.73. The quantitative estimate of drug-likeness (QED) is 0.753. The summed E-state index contributed by atoms with van der Waals surface area (Å²) in [4.78, 5) is 14.0. The zero-order chi connectivity index (χ0) is 11.0. The van der Waals surface area contributed by atoms with Crippen molar-refractivity contribution < 1.29 is 4.79 Å². The first-order valence-corrected chi connectivity index (χ1v) is 6.19. The Labute approximate surface area is 92.2 Å². The van der Waals surface area contributed by atoms with Crippen LogP contribution in [-0.4, -0.2) is 29.1 Å². The van der Waals surface area contributed by atoms with Crippen LogP contribution in [0, 0.1) is 5.92 Å². The van der Waals surface area contributed by atoms with E-state index < -0.39 is 0 Å². The highest BCUT2D eigenvalue weighted by atomic mass is 16.2. The van der Waals surface area contributed by atoms with Crippen LogP contribution in [0.3, 0.4) is 0 Å². The van der Waals surface area contributed by atoms with Gasteiger partial charge in [-0.1, -0.05) is 12.8 Å². The van der Waals surface area contributed by atoms with E-state index in [1.807, 2.05) is 6.92 Å². The molecule has 1 saturated carbocycles. The molecule has 86 valence electrons. The Morgan fingerprint density at radius 2 is 1.93 bits per heavy atom. The normalized spacial score (nSPS) is 35.1. The van der Waals surface area contributed by atoms with Gasteiger partial charge >= 0.3 is 0 Å². The lowest BCUT2D eigenvalue weighted by atomic mass is 9.98. The molecule has 1 aliphatic carbocycles. The minimum Gasteiger partial charge on any atom is -0.323 e. The van der Waals surface area contributed by atoms with E-state index in [1.54, 1.807) is 0 Å². The van der Waals surface area contributed by atoms with E-state index in [0.29, 0.717) is 6.04 Å². The van der Waals surface area contributed by atoms with E-state index in [1.165, 1.54) is 25.7 Å². The molecule has 3 nitrogen and oxygen atoms in total. The summed E-state index contributed by atoms with van der Waals surface area (Å²) >= 11 is 0. The molecule has 3 unspecified atom stereocenters. The van der Waals surface area contributed by atoms with Gasteiger partial charge in [-0.25, -0.2) is 0 Å². The van der Waals surface area contributed by atoms with Crippen molar-refractivity contribution in [3.8, 4) is 0 Å². The Morgan fingerprint density at radius 1 is 1.33 bits per heavy atom. The molecule has 1 aliphatic heterocycles. The lowest BCUT2D eigenvalue weighted by Crippen LogP contribution is -2.44. The van der Waals surface area contributed by atoms with Gasteiger partial charge in [0.05, 0.1) is 12.2 Å². The second-order valence-corrected chi connectivity index (χ2v) is 5.09. The summed E-state index contributed by atoms with van der Waals surface area (Å²) in [5.74, 6) is 1.01. The van der Waals surface area contributed by atoms with Crippen LogP contribution in [0.25, 0.3) is 0 Å². The summed E-state index contributed by atoms with van der Waals surface area (Å²) in [5, 5.41) is 3.30. The third-order valence-corrected chi connectivity index (χ3v) is 4.05. The largest absolute Gasteiger partial charge is 0.323 e. The number of nitrogens with zero attached hydrogens (tertiary/aromatic N) is 1. The van der Waals surface area contributed by atoms with Gasteiger partial charge in [0, 0.05) is 6.04 Å². The van der Waals surface area contributed by atoms with Gasteiger partial charge in [-0.05, 0) is 39.5 Å². The molecule has 1 N–H and O–H groups in total. The number of carbonyl (C=O) groups is 1. The summed E-state index contributed by atoms with van der Waals surface area (Å²) < 4.78 is 0. The van der Waals surface area contributed by atoms with Crippen LogP contribution in [0.15, 0.2) is 0 Å². The maximum absolute atomic E-state index is 12.0. The minimum absolute atomic E-state index is 0.00357. The second kappa shape index (κ2) is 4.12. The molecule has 3 atom stereocenters. The summed E-state index contributed by atoms with van der Waals surface area (Å²) in [7, 11) is 0. The first kappa shape index (κ1) is 10.9. The summed E-state index contributed by atoms with van der Waals surface area (Å²) in [6, 6.07) is 0.413. The first-order valence-electron chi connectivity index (χ1n) is 6.19. The molecule has 3 heteroatoms. The molecule has 2 fully saturated rings. The van der Waals surface area contributed by atoms with E-state index in [9.17, 15) is 4.79 Å². The Hall–Kier alpha value is -0.570. The SMILES string of the molecule is CC1NC(C)N(C(C)C2CCCC2)C1=O. The van der Waals surface area contributed by atoms with E-state index in [2.05, 4.69) is 24.1 Å². The van der Waals surface area contributed by atoms with Gasteiger partial charge in [0.25, 0.3) is 0 Å². The minimum atomic E-state index is 0.00357. The van der Waals surface area contributed by atoms with Crippen molar-refractivity contribution in [2.24, 2.45) is 5.92 Å². The van der Waals surface area contributed by atoms with Gasteiger partial charge in [-0.3, -0.25) is 10.1 Å². The molecule has 0 bridgehead atoms. The predicted molar refractivity (Wildman–Crippen MR) is 60.3 cm³/mol. The molecule has 0 radical (unpaired) electrons. The Balaban J connectivity index is 2.05. The molecule has 2 rings (SSSR count). The standard InChI is InChI=1S/C12H22N2O/c1-8-12(15)14(10(3)13-8)9(2)11-6-4-5-7-11/h8-11,13H,4-7H2,1-3H3.